The number of furan rings is 1. The molecular weight excluding hydrogens is 665 g/mol. The smallest absolute Gasteiger partial charge is 0.134 e. The third kappa shape index (κ3) is 5.69. The lowest BCUT2D eigenvalue weighted by atomic mass is 9.67. The summed E-state index contributed by atoms with van der Waals surface area (Å²) in [5.74, 6) is 3.04. The summed E-state index contributed by atoms with van der Waals surface area (Å²) in [6, 6.07) is 44.4. The van der Waals surface area contributed by atoms with Gasteiger partial charge in [-0.3, -0.25) is 0 Å². The zero-order valence-corrected chi connectivity index (χ0v) is 30.8. The van der Waals surface area contributed by atoms with Crippen LogP contribution >= 0.6 is 0 Å². The summed E-state index contributed by atoms with van der Waals surface area (Å²) in [7, 11) is 0. The average Bonchev–Trinajstić information content (AvgIpc) is 3.65. The summed E-state index contributed by atoms with van der Waals surface area (Å²) < 4.78 is 6.92. The van der Waals surface area contributed by atoms with Crippen LogP contribution in [-0.2, 0) is 6.42 Å². The Morgan fingerprint density at radius 1 is 0.545 bits per heavy atom. The Morgan fingerprint density at radius 3 is 2.15 bits per heavy atom. The van der Waals surface area contributed by atoms with Gasteiger partial charge in [0.15, 0.2) is 0 Å². The second-order valence-electron chi connectivity index (χ2n) is 15.9. The highest BCUT2D eigenvalue weighted by atomic mass is 16.3. The van der Waals surface area contributed by atoms with Gasteiger partial charge in [-0.15, -0.1) is 0 Å². The van der Waals surface area contributed by atoms with E-state index in [1.54, 1.807) is 0 Å². The molecule has 6 aromatic rings. The molecule has 0 radical (unpaired) electrons. The maximum atomic E-state index is 6.92. The van der Waals surface area contributed by atoms with Crippen LogP contribution in [0.3, 0.4) is 0 Å². The predicted molar refractivity (Wildman–Crippen MR) is 229 cm³/mol. The SMILES string of the molecule is C1=CC2c3oc4cccc(C5C=C(C6=CC7C=CC(c8ccccc8)=CC7C=C6)C=C(c6ccc7ccccc7c6)C5)c4c3CC(c3ccccc3)C2C=C1. The minimum absolute atomic E-state index is 0.195. The van der Waals surface area contributed by atoms with Gasteiger partial charge < -0.3 is 4.42 Å². The molecule has 0 saturated carbocycles. The van der Waals surface area contributed by atoms with Gasteiger partial charge in [0.05, 0.1) is 0 Å². The zero-order valence-electron chi connectivity index (χ0n) is 30.8. The second kappa shape index (κ2) is 13.3. The van der Waals surface area contributed by atoms with Gasteiger partial charge in [-0.05, 0) is 92.1 Å². The van der Waals surface area contributed by atoms with E-state index in [1.165, 1.54) is 66.3 Å². The molecule has 5 aromatic carbocycles. The summed E-state index contributed by atoms with van der Waals surface area (Å²) >= 11 is 0. The van der Waals surface area contributed by atoms with Crippen LogP contribution in [0.4, 0.5) is 0 Å². The van der Waals surface area contributed by atoms with Crippen molar-refractivity contribution in [3.05, 3.63) is 239 Å². The second-order valence-corrected chi connectivity index (χ2v) is 15.9. The minimum Gasteiger partial charge on any atom is -0.460 e. The van der Waals surface area contributed by atoms with Crippen molar-refractivity contribution < 1.29 is 4.42 Å². The molecule has 55 heavy (non-hydrogen) atoms. The van der Waals surface area contributed by atoms with Crippen molar-refractivity contribution in [1.29, 1.82) is 0 Å². The van der Waals surface area contributed by atoms with Crippen molar-refractivity contribution in [1.82, 2.24) is 0 Å². The first-order valence-electron chi connectivity index (χ1n) is 19.9. The van der Waals surface area contributed by atoms with Gasteiger partial charge in [0.1, 0.15) is 11.3 Å². The molecule has 11 rings (SSSR count). The third-order valence-corrected chi connectivity index (χ3v) is 12.8. The monoisotopic (exact) mass is 706 g/mol. The largest absolute Gasteiger partial charge is 0.460 e. The molecule has 264 valence electrons. The Kier molecular flexibility index (Phi) is 7.80. The van der Waals surface area contributed by atoms with E-state index < -0.39 is 0 Å². The molecule has 0 amide bonds. The van der Waals surface area contributed by atoms with Crippen molar-refractivity contribution in [3.8, 4) is 0 Å². The number of allylic oxidation sites excluding steroid dienone is 16. The predicted octanol–water partition coefficient (Wildman–Crippen LogP) is 13.6. The van der Waals surface area contributed by atoms with Crippen LogP contribution in [0.2, 0.25) is 0 Å². The average molecular weight is 707 g/mol. The maximum absolute atomic E-state index is 6.92. The lowest BCUT2D eigenvalue weighted by Crippen LogP contribution is -2.26. The van der Waals surface area contributed by atoms with Crippen LogP contribution in [0.5, 0.6) is 0 Å². The Bertz CT molecular complexity index is 2720. The highest BCUT2D eigenvalue weighted by Gasteiger charge is 2.40. The highest BCUT2D eigenvalue weighted by Crippen LogP contribution is 2.52. The van der Waals surface area contributed by atoms with E-state index >= 15 is 0 Å². The summed E-state index contributed by atoms with van der Waals surface area (Å²) in [5, 5.41) is 3.88. The zero-order chi connectivity index (χ0) is 36.3. The van der Waals surface area contributed by atoms with Gasteiger partial charge in [0.25, 0.3) is 0 Å². The molecule has 5 aliphatic rings. The van der Waals surface area contributed by atoms with Crippen molar-refractivity contribution in [2.75, 3.05) is 0 Å². The van der Waals surface area contributed by atoms with E-state index in [4.69, 9.17) is 4.42 Å². The molecule has 0 fully saturated rings. The van der Waals surface area contributed by atoms with Crippen molar-refractivity contribution >= 4 is 32.9 Å². The summed E-state index contributed by atoms with van der Waals surface area (Å²) in [6.07, 6.45) is 30.6. The van der Waals surface area contributed by atoms with Crippen LogP contribution in [0.15, 0.2) is 210 Å². The molecule has 0 bridgehead atoms. The number of rotatable bonds is 5. The van der Waals surface area contributed by atoms with Crippen molar-refractivity contribution in [2.45, 2.75) is 30.6 Å². The van der Waals surface area contributed by atoms with E-state index in [0.29, 0.717) is 23.7 Å². The molecule has 1 nitrogen and oxygen atoms in total. The van der Waals surface area contributed by atoms with E-state index in [2.05, 4.69) is 194 Å². The fourth-order valence-corrected chi connectivity index (χ4v) is 10.0. The molecule has 0 spiro atoms. The highest BCUT2D eigenvalue weighted by molar-refractivity contribution is 5.90. The van der Waals surface area contributed by atoms with Gasteiger partial charge in [-0.25, -0.2) is 0 Å². The molecule has 1 heterocycles. The Hall–Kier alpha value is -6.18. The van der Waals surface area contributed by atoms with Crippen LogP contribution < -0.4 is 0 Å². The van der Waals surface area contributed by atoms with Crippen LogP contribution in [0.1, 0.15) is 57.8 Å². The van der Waals surface area contributed by atoms with Crippen molar-refractivity contribution in [2.24, 2.45) is 17.8 Å². The Morgan fingerprint density at radius 2 is 1.29 bits per heavy atom. The molecule has 0 N–H and O–H groups in total. The number of benzene rings is 5. The molecule has 1 heteroatoms. The first-order valence-corrected chi connectivity index (χ1v) is 19.9. The van der Waals surface area contributed by atoms with E-state index in [9.17, 15) is 0 Å². The number of fused-ring (bicyclic) bond motifs is 7. The normalized spacial score (nSPS) is 25.1. The van der Waals surface area contributed by atoms with Crippen LogP contribution in [0.25, 0.3) is 32.9 Å². The third-order valence-electron chi connectivity index (χ3n) is 12.8. The van der Waals surface area contributed by atoms with Gasteiger partial charge in [0, 0.05) is 34.6 Å². The van der Waals surface area contributed by atoms with Gasteiger partial charge in [-0.1, -0.05) is 182 Å². The summed E-state index contributed by atoms with van der Waals surface area (Å²) in [4.78, 5) is 0. The topological polar surface area (TPSA) is 13.1 Å². The van der Waals surface area contributed by atoms with Crippen LogP contribution in [0, 0.1) is 17.8 Å². The molecule has 6 atom stereocenters. The Balaban J connectivity index is 1.02. The number of hydrogen-bond acceptors (Lipinski definition) is 1. The lowest BCUT2D eigenvalue weighted by molar-refractivity contribution is 0.374. The van der Waals surface area contributed by atoms with Crippen LogP contribution in [-0.4, -0.2) is 0 Å². The van der Waals surface area contributed by atoms with Gasteiger partial charge in [-0.2, -0.15) is 0 Å². The molecular formula is C54H42O. The van der Waals surface area contributed by atoms with E-state index in [1.807, 2.05) is 0 Å². The molecule has 1 aromatic heterocycles. The first kappa shape index (κ1) is 32.3. The number of hydrogen-bond donors (Lipinski definition) is 0. The van der Waals surface area contributed by atoms with E-state index in [0.717, 1.165) is 24.2 Å². The van der Waals surface area contributed by atoms with E-state index in [-0.39, 0.29) is 11.8 Å². The quantitative estimate of drug-likeness (QED) is 0.174. The fourth-order valence-electron chi connectivity index (χ4n) is 10.0. The summed E-state index contributed by atoms with van der Waals surface area (Å²) in [5.41, 5.74) is 13.1. The standard InChI is InChI=1S/C54H42O/c1-3-12-35(13-4-1)39-24-25-41-30-43(27-26-40(41)29-39)45-31-44(42-23-22-36-14-7-8-17-38(36)28-42)32-46(33-45)47-20-11-21-52-53(47)51-34-50(37-15-5-2-6-16-37)48-18-9-10-19-49(48)54(51)55-52/h1-31,33,40-41,46,48-50H,32,34H2. The molecule has 6 unspecified atom stereocenters. The summed E-state index contributed by atoms with van der Waals surface area (Å²) in [6.45, 7) is 0. The molecule has 0 saturated heterocycles. The fraction of sp³-hybridized carbons (Fsp3) is 0.148. The maximum Gasteiger partial charge on any atom is 0.134 e. The molecule has 0 aliphatic heterocycles. The Labute approximate surface area is 323 Å². The first-order chi connectivity index (χ1) is 27.2. The van der Waals surface area contributed by atoms with Gasteiger partial charge >= 0.3 is 0 Å². The molecule has 5 aliphatic carbocycles. The minimum atomic E-state index is 0.195. The lowest BCUT2D eigenvalue weighted by Gasteiger charge is -2.36. The van der Waals surface area contributed by atoms with Crippen molar-refractivity contribution in [3.63, 3.8) is 0 Å². The van der Waals surface area contributed by atoms with Gasteiger partial charge in [0.2, 0.25) is 0 Å².